The zero-order valence-corrected chi connectivity index (χ0v) is 10.5. The Morgan fingerprint density at radius 1 is 1.39 bits per heavy atom. The minimum Gasteiger partial charge on any atom is -0.469 e. The monoisotopic (exact) mass is 253 g/mol. The number of benzene rings is 1. The summed E-state index contributed by atoms with van der Waals surface area (Å²) < 4.78 is 17.3. The lowest BCUT2D eigenvalue weighted by Crippen LogP contribution is -2.30. The first kappa shape index (κ1) is 14.2. The fourth-order valence-electron chi connectivity index (χ4n) is 1.44. The summed E-state index contributed by atoms with van der Waals surface area (Å²) in [4.78, 5) is 23.9. The minimum atomic E-state index is -0.558. The van der Waals surface area contributed by atoms with Gasteiger partial charge in [-0.15, -0.1) is 0 Å². The largest absolute Gasteiger partial charge is 0.469 e. The molecule has 1 aromatic carbocycles. The first-order valence-corrected chi connectivity index (χ1v) is 5.58. The Hall–Kier alpha value is -1.91. The molecule has 0 heterocycles. The van der Waals surface area contributed by atoms with Gasteiger partial charge in [0.15, 0.2) is 0 Å². The Bertz CT molecular complexity index is 434. The van der Waals surface area contributed by atoms with Gasteiger partial charge in [-0.2, -0.15) is 0 Å². The highest BCUT2D eigenvalue weighted by Gasteiger charge is 2.13. The molecule has 1 rings (SSSR count). The molecule has 0 saturated heterocycles. The molecule has 0 aliphatic heterocycles. The SMILES string of the molecule is COC(=O)CC(=O)N(C)CCc1cccc(F)c1. The van der Waals surface area contributed by atoms with Gasteiger partial charge in [0.2, 0.25) is 5.91 Å². The van der Waals surface area contributed by atoms with Crippen LogP contribution in [0, 0.1) is 5.82 Å². The minimum absolute atomic E-state index is 0.268. The Morgan fingerprint density at radius 3 is 2.72 bits per heavy atom. The highest BCUT2D eigenvalue weighted by molar-refractivity contribution is 5.94. The number of rotatable bonds is 5. The lowest BCUT2D eigenvalue weighted by Gasteiger charge is -2.16. The summed E-state index contributed by atoms with van der Waals surface area (Å²) in [6.45, 7) is 0.430. The molecule has 0 spiro atoms. The van der Waals surface area contributed by atoms with Crippen molar-refractivity contribution >= 4 is 11.9 Å². The molecule has 18 heavy (non-hydrogen) atoms. The Balaban J connectivity index is 2.43. The number of esters is 1. The first-order chi connectivity index (χ1) is 8.52. The van der Waals surface area contributed by atoms with Gasteiger partial charge in [0.25, 0.3) is 0 Å². The van der Waals surface area contributed by atoms with Crippen molar-refractivity contribution < 1.29 is 18.7 Å². The van der Waals surface area contributed by atoms with Gasteiger partial charge in [-0.3, -0.25) is 9.59 Å². The van der Waals surface area contributed by atoms with Crippen molar-refractivity contribution in [3.05, 3.63) is 35.6 Å². The molecule has 1 amide bonds. The van der Waals surface area contributed by atoms with E-state index >= 15 is 0 Å². The molecule has 0 fully saturated rings. The van der Waals surface area contributed by atoms with Crippen LogP contribution < -0.4 is 0 Å². The average molecular weight is 253 g/mol. The maximum absolute atomic E-state index is 12.9. The second kappa shape index (κ2) is 6.74. The van der Waals surface area contributed by atoms with Gasteiger partial charge in [0, 0.05) is 13.6 Å². The van der Waals surface area contributed by atoms with Crippen molar-refractivity contribution in [1.82, 2.24) is 4.90 Å². The fourth-order valence-corrected chi connectivity index (χ4v) is 1.44. The number of halogens is 1. The van der Waals surface area contributed by atoms with E-state index in [1.54, 1.807) is 19.2 Å². The smallest absolute Gasteiger partial charge is 0.315 e. The Kier molecular flexibility index (Phi) is 5.30. The number of carbonyl (C=O) groups excluding carboxylic acids is 2. The van der Waals surface area contributed by atoms with Crippen molar-refractivity contribution in [1.29, 1.82) is 0 Å². The zero-order valence-electron chi connectivity index (χ0n) is 10.5. The summed E-state index contributed by atoms with van der Waals surface area (Å²) in [6, 6.07) is 6.22. The summed E-state index contributed by atoms with van der Waals surface area (Å²) in [5.41, 5.74) is 0.813. The van der Waals surface area contributed by atoms with Crippen LogP contribution >= 0.6 is 0 Å². The van der Waals surface area contributed by atoms with Crippen LogP contribution in [0.5, 0.6) is 0 Å². The van der Waals surface area contributed by atoms with Gasteiger partial charge in [-0.25, -0.2) is 4.39 Å². The fraction of sp³-hybridized carbons (Fsp3) is 0.385. The molecule has 0 N–H and O–H groups in total. The number of likely N-dealkylation sites (N-methyl/N-ethyl adjacent to an activating group) is 1. The molecule has 0 atom stereocenters. The Labute approximate surface area is 105 Å². The number of ether oxygens (including phenoxy) is 1. The summed E-state index contributed by atoms with van der Waals surface area (Å²) in [5, 5.41) is 0. The summed E-state index contributed by atoms with van der Waals surface area (Å²) in [6.07, 6.45) is 0.275. The predicted octanol–water partition coefficient (Wildman–Crippen LogP) is 1.39. The lowest BCUT2D eigenvalue weighted by molar-refractivity contribution is -0.146. The number of carbonyl (C=O) groups is 2. The zero-order chi connectivity index (χ0) is 13.5. The molecule has 4 nitrogen and oxygen atoms in total. The van der Waals surface area contributed by atoms with E-state index in [1.165, 1.54) is 24.1 Å². The van der Waals surface area contributed by atoms with E-state index in [4.69, 9.17) is 0 Å². The number of methoxy groups -OCH3 is 1. The van der Waals surface area contributed by atoms with Gasteiger partial charge >= 0.3 is 5.97 Å². The molecular formula is C13H16FNO3. The van der Waals surface area contributed by atoms with Crippen LogP contribution in [0.2, 0.25) is 0 Å². The van der Waals surface area contributed by atoms with Gasteiger partial charge in [0.1, 0.15) is 12.2 Å². The van der Waals surface area contributed by atoms with Crippen LogP contribution in [0.4, 0.5) is 4.39 Å². The van der Waals surface area contributed by atoms with E-state index in [-0.39, 0.29) is 18.1 Å². The third-order valence-corrected chi connectivity index (χ3v) is 2.57. The second-order valence-electron chi connectivity index (χ2n) is 3.95. The first-order valence-electron chi connectivity index (χ1n) is 5.58. The molecular weight excluding hydrogens is 237 g/mol. The standard InChI is InChI=1S/C13H16FNO3/c1-15(12(16)9-13(17)18-2)7-6-10-4-3-5-11(14)8-10/h3-5,8H,6-7,9H2,1-2H3. The van der Waals surface area contributed by atoms with Crippen LogP contribution in [-0.2, 0) is 20.7 Å². The third-order valence-electron chi connectivity index (χ3n) is 2.57. The molecule has 0 aliphatic rings. The van der Waals surface area contributed by atoms with Crippen LogP contribution in [0.3, 0.4) is 0 Å². The predicted molar refractivity (Wildman–Crippen MR) is 64.4 cm³/mol. The van der Waals surface area contributed by atoms with E-state index in [1.807, 2.05) is 0 Å². The van der Waals surface area contributed by atoms with Gasteiger partial charge in [-0.1, -0.05) is 12.1 Å². The molecule has 1 aromatic rings. The molecule has 98 valence electrons. The van der Waals surface area contributed by atoms with Gasteiger partial charge in [-0.05, 0) is 24.1 Å². The van der Waals surface area contributed by atoms with E-state index in [0.29, 0.717) is 13.0 Å². The van der Waals surface area contributed by atoms with Crippen molar-refractivity contribution in [3.63, 3.8) is 0 Å². The maximum atomic E-state index is 12.9. The van der Waals surface area contributed by atoms with E-state index in [9.17, 15) is 14.0 Å². The number of amides is 1. The topological polar surface area (TPSA) is 46.6 Å². The summed E-state index contributed by atoms with van der Waals surface area (Å²) in [5.74, 6) is -1.16. The summed E-state index contributed by atoms with van der Waals surface area (Å²) >= 11 is 0. The normalized spacial score (nSPS) is 9.94. The molecule has 0 radical (unpaired) electrons. The average Bonchev–Trinajstić information content (AvgIpc) is 2.35. The van der Waals surface area contributed by atoms with Gasteiger partial charge in [0.05, 0.1) is 7.11 Å². The van der Waals surface area contributed by atoms with Crippen molar-refractivity contribution in [2.45, 2.75) is 12.8 Å². The van der Waals surface area contributed by atoms with E-state index < -0.39 is 5.97 Å². The maximum Gasteiger partial charge on any atom is 0.315 e. The lowest BCUT2D eigenvalue weighted by atomic mass is 10.1. The number of nitrogens with zero attached hydrogens (tertiary/aromatic N) is 1. The number of hydrogen-bond acceptors (Lipinski definition) is 3. The van der Waals surface area contributed by atoms with Crippen molar-refractivity contribution in [2.24, 2.45) is 0 Å². The molecule has 0 aromatic heterocycles. The second-order valence-corrected chi connectivity index (χ2v) is 3.95. The highest BCUT2D eigenvalue weighted by Crippen LogP contribution is 2.05. The summed E-state index contributed by atoms with van der Waals surface area (Å²) in [7, 11) is 2.84. The van der Waals surface area contributed by atoms with Crippen LogP contribution in [0.25, 0.3) is 0 Å². The van der Waals surface area contributed by atoms with E-state index in [0.717, 1.165) is 5.56 Å². The molecule has 0 aliphatic carbocycles. The molecule has 0 saturated carbocycles. The molecule has 5 heteroatoms. The van der Waals surface area contributed by atoms with Crippen molar-refractivity contribution in [2.75, 3.05) is 20.7 Å². The molecule has 0 unspecified atom stereocenters. The van der Waals surface area contributed by atoms with Crippen LogP contribution in [0.1, 0.15) is 12.0 Å². The van der Waals surface area contributed by atoms with Crippen LogP contribution in [-0.4, -0.2) is 37.5 Å². The van der Waals surface area contributed by atoms with E-state index in [2.05, 4.69) is 4.74 Å². The van der Waals surface area contributed by atoms with Crippen molar-refractivity contribution in [3.8, 4) is 0 Å². The third kappa shape index (κ3) is 4.53. The molecule has 0 bridgehead atoms. The quantitative estimate of drug-likeness (QED) is 0.588. The Morgan fingerprint density at radius 2 is 2.11 bits per heavy atom. The number of hydrogen-bond donors (Lipinski definition) is 0. The van der Waals surface area contributed by atoms with Crippen LogP contribution in [0.15, 0.2) is 24.3 Å². The highest BCUT2D eigenvalue weighted by atomic mass is 19.1. The van der Waals surface area contributed by atoms with Gasteiger partial charge < -0.3 is 9.64 Å².